The molecule has 3 aromatic rings. The second-order valence-corrected chi connectivity index (χ2v) is 9.24. The summed E-state index contributed by atoms with van der Waals surface area (Å²) in [5, 5.41) is 5.68. The monoisotopic (exact) mass is 373 g/mol. The number of fused-ring (bicyclic) bond motifs is 1. The van der Waals surface area contributed by atoms with Gasteiger partial charge in [0.2, 0.25) is 0 Å². The molecule has 1 aromatic carbocycles. The first-order valence-electron chi connectivity index (χ1n) is 8.80. The summed E-state index contributed by atoms with van der Waals surface area (Å²) < 4.78 is 25.1. The number of nitrogens with zero attached hydrogens (tertiary/aromatic N) is 4. The van der Waals surface area contributed by atoms with E-state index in [2.05, 4.69) is 21.0 Å². The third kappa shape index (κ3) is 3.26. The van der Waals surface area contributed by atoms with Crippen molar-refractivity contribution in [3.63, 3.8) is 0 Å². The summed E-state index contributed by atoms with van der Waals surface area (Å²) in [7, 11) is 1.04. The number of hydrogen-bond acceptors (Lipinski definition) is 5. The molecule has 0 saturated carbocycles. The highest BCUT2D eigenvalue weighted by Crippen LogP contribution is 2.26. The number of benzene rings is 1. The van der Waals surface area contributed by atoms with Crippen LogP contribution in [0.15, 0.2) is 30.5 Å². The second-order valence-electron chi connectivity index (χ2n) is 7.01. The lowest BCUT2D eigenvalue weighted by molar-refractivity contribution is 0.262. The fourth-order valence-corrected chi connectivity index (χ4v) is 5.39. The van der Waals surface area contributed by atoms with Crippen molar-refractivity contribution in [2.45, 2.75) is 18.9 Å². The van der Waals surface area contributed by atoms with Crippen LogP contribution in [0.25, 0.3) is 22.3 Å². The van der Waals surface area contributed by atoms with Crippen LogP contribution in [0.1, 0.15) is 12.2 Å². The quantitative estimate of drug-likeness (QED) is 0.735. The van der Waals surface area contributed by atoms with Gasteiger partial charge in [-0.15, -0.1) is 0 Å². The summed E-state index contributed by atoms with van der Waals surface area (Å²) in [6.07, 6.45) is 3.40. The minimum atomic E-state index is -2.86. The van der Waals surface area contributed by atoms with Crippen LogP contribution in [0.5, 0.6) is 0 Å². The van der Waals surface area contributed by atoms with E-state index in [9.17, 15) is 8.42 Å². The van der Waals surface area contributed by atoms with Gasteiger partial charge in [-0.2, -0.15) is 5.10 Å². The topological polar surface area (TPSA) is 83.9 Å². The third-order valence-corrected chi connectivity index (χ3v) is 6.95. The predicted molar refractivity (Wildman–Crippen MR) is 102 cm³/mol. The molecule has 0 unspecified atom stereocenters. The number of nitrogens with one attached hydrogen (secondary N) is 1. The molecule has 0 bridgehead atoms. The fraction of sp³-hybridized carbons (Fsp3) is 0.444. The maximum atomic E-state index is 11.7. The van der Waals surface area contributed by atoms with E-state index in [1.807, 2.05) is 43.2 Å². The first-order chi connectivity index (χ1) is 12.4. The lowest BCUT2D eigenvalue weighted by Gasteiger charge is -2.22. The molecule has 26 heavy (non-hydrogen) atoms. The smallest absolute Gasteiger partial charge is 0.183 e. The predicted octanol–water partition coefficient (Wildman–Crippen LogP) is 1.62. The number of likely N-dealkylation sites (N-methyl/N-ethyl adjacent to an activating group) is 1. The van der Waals surface area contributed by atoms with Crippen molar-refractivity contribution in [2.24, 2.45) is 7.05 Å². The molecular weight excluding hydrogens is 350 g/mol. The maximum absolute atomic E-state index is 11.7. The van der Waals surface area contributed by atoms with Gasteiger partial charge in [0.05, 0.1) is 11.5 Å². The zero-order valence-corrected chi connectivity index (χ0v) is 15.8. The van der Waals surface area contributed by atoms with E-state index in [1.165, 1.54) is 0 Å². The van der Waals surface area contributed by atoms with Crippen LogP contribution >= 0.6 is 0 Å². The molecule has 138 valence electrons. The van der Waals surface area contributed by atoms with Crippen molar-refractivity contribution < 1.29 is 8.42 Å². The molecule has 1 N–H and O–H groups in total. The van der Waals surface area contributed by atoms with Gasteiger partial charge < -0.3 is 9.88 Å². The fourth-order valence-electron chi connectivity index (χ4n) is 3.59. The van der Waals surface area contributed by atoms with Gasteiger partial charge in [0.15, 0.2) is 15.7 Å². The Bertz CT molecular complexity index is 1040. The minimum Gasteiger partial charge on any atom is -0.360 e. The molecule has 1 saturated heterocycles. The number of H-pyrrole nitrogens is 1. The van der Waals surface area contributed by atoms with Gasteiger partial charge in [-0.05, 0) is 19.5 Å². The molecule has 1 atom stereocenters. The zero-order valence-electron chi connectivity index (χ0n) is 15.0. The average molecular weight is 373 g/mol. The molecule has 0 radical (unpaired) electrons. The van der Waals surface area contributed by atoms with Crippen LogP contribution in [0.3, 0.4) is 0 Å². The lowest BCUT2D eigenvalue weighted by atomic mass is 10.2. The van der Waals surface area contributed by atoms with Gasteiger partial charge in [0, 0.05) is 48.7 Å². The van der Waals surface area contributed by atoms with Crippen molar-refractivity contribution in [3.05, 3.63) is 36.3 Å². The van der Waals surface area contributed by atoms with Crippen LogP contribution < -0.4 is 0 Å². The molecule has 7 nitrogen and oxygen atoms in total. The van der Waals surface area contributed by atoms with Gasteiger partial charge >= 0.3 is 0 Å². The summed E-state index contributed by atoms with van der Waals surface area (Å²) >= 11 is 0. The van der Waals surface area contributed by atoms with E-state index in [1.54, 1.807) is 0 Å². The maximum Gasteiger partial charge on any atom is 0.183 e. The number of aryl methyl sites for hydroxylation is 1. The van der Waals surface area contributed by atoms with Crippen molar-refractivity contribution in [3.8, 4) is 11.4 Å². The Kier molecular flexibility index (Phi) is 4.32. The van der Waals surface area contributed by atoms with Gasteiger partial charge in [-0.25, -0.2) is 13.4 Å². The molecule has 0 aliphatic carbocycles. The molecular formula is C18H23N5O2S. The summed E-state index contributed by atoms with van der Waals surface area (Å²) in [5.74, 6) is 2.18. The second kappa shape index (κ2) is 6.51. The number of para-hydroxylation sites is 1. The molecule has 2 aromatic heterocycles. The summed E-state index contributed by atoms with van der Waals surface area (Å²) in [5.41, 5.74) is 2.07. The Balaban J connectivity index is 1.49. The van der Waals surface area contributed by atoms with E-state index in [0.29, 0.717) is 11.6 Å². The Labute approximate surface area is 153 Å². The molecule has 1 fully saturated rings. The molecule has 0 spiro atoms. The largest absolute Gasteiger partial charge is 0.360 e. The number of rotatable bonds is 5. The van der Waals surface area contributed by atoms with E-state index in [0.717, 1.165) is 41.7 Å². The standard InChI is InChI=1S/C18H23N5O2S/c1-22(13-8-10-26(24,25)12-13)9-7-17-20-18(21-23(17)2)15-11-19-16-6-4-3-5-14(15)16/h3-6,11,13,19H,7-10,12H2,1-2H3/t13-/m0/s1. The summed E-state index contributed by atoms with van der Waals surface area (Å²) in [6, 6.07) is 8.22. The molecule has 1 aliphatic rings. The van der Waals surface area contributed by atoms with Gasteiger partial charge in [0.25, 0.3) is 0 Å². The van der Waals surface area contributed by atoms with Crippen LogP contribution in [-0.4, -0.2) is 64.2 Å². The van der Waals surface area contributed by atoms with Crippen LogP contribution in [0.2, 0.25) is 0 Å². The Morgan fingerprint density at radius 1 is 1.35 bits per heavy atom. The number of sulfone groups is 1. The number of aromatic amines is 1. The SMILES string of the molecule is CN(CCc1nc(-c2c[nH]c3ccccc23)nn1C)[C@H]1CCS(=O)(=O)C1. The number of aromatic nitrogens is 4. The summed E-state index contributed by atoms with van der Waals surface area (Å²) in [6.45, 7) is 0.764. The van der Waals surface area contributed by atoms with Crippen LogP contribution in [0.4, 0.5) is 0 Å². The number of hydrogen-bond donors (Lipinski definition) is 1. The van der Waals surface area contributed by atoms with E-state index in [4.69, 9.17) is 4.98 Å². The van der Waals surface area contributed by atoms with Crippen molar-refractivity contribution in [1.82, 2.24) is 24.6 Å². The zero-order chi connectivity index (χ0) is 18.3. The Hall–Kier alpha value is -2.19. The van der Waals surface area contributed by atoms with E-state index in [-0.39, 0.29) is 11.8 Å². The van der Waals surface area contributed by atoms with Gasteiger partial charge in [0.1, 0.15) is 5.82 Å². The highest BCUT2D eigenvalue weighted by molar-refractivity contribution is 7.91. The molecule has 3 heterocycles. The summed E-state index contributed by atoms with van der Waals surface area (Å²) in [4.78, 5) is 10.1. The van der Waals surface area contributed by atoms with E-state index < -0.39 is 9.84 Å². The molecule has 8 heteroatoms. The van der Waals surface area contributed by atoms with Crippen molar-refractivity contribution in [2.75, 3.05) is 25.1 Å². The van der Waals surface area contributed by atoms with Crippen molar-refractivity contribution >= 4 is 20.7 Å². The van der Waals surface area contributed by atoms with Crippen molar-refractivity contribution in [1.29, 1.82) is 0 Å². The van der Waals surface area contributed by atoms with Crippen LogP contribution in [0, 0.1) is 0 Å². The lowest BCUT2D eigenvalue weighted by Crippen LogP contribution is -2.34. The highest BCUT2D eigenvalue weighted by Gasteiger charge is 2.30. The first-order valence-corrected chi connectivity index (χ1v) is 10.6. The highest BCUT2D eigenvalue weighted by atomic mass is 32.2. The molecule has 1 aliphatic heterocycles. The Morgan fingerprint density at radius 2 is 2.15 bits per heavy atom. The Morgan fingerprint density at radius 3 is 2.92 bits per heavy atom. The molecule has 4 rings (SSSR count). The van der Waals surface area contributed by atoms with E-state index >= 15 is 0 Å². The average Bonchev–Trinajstić information content (AvgIpc) is 3.29. The third-order valence-electron chi connectivity index (χ3n) is 5.20. The first kappa shape index (κ1) is 17.2. The normalized spacial score (nSPS) is 19.6. The minimum absolute atomic E-state index is 0.112. The van der Waals surface area contributed by atoms with Crippen LogP contribution in [-0.2, 0) is 23.3 Å². The molecule has 0 amide bonds. The van der Waals surface area contributed by atoms with Gasteiger partial charge in [-0.3, -0.25) is 4.68 Å². The van der Waals surface area contributed by atoms with Gasteiger partial charge in [-0.1, -0.05) is 18.2 Å².